The van der Waals surface area contributed by atoms with Crippen molar-refractivity contribution in [2.24, 2.45) is 0 Å². The van der Waals surface area contributed by atoms with E-state index in [1.54, 1.807) is 0 Å². The lowest BCUT2D eigenvalue weighted by Crippen LogP contribution is -3.13. The van der Waals surface area contributed by atoms with Gasteiger partial charge in [-0.05, 0) is 0 Å². The van der Waals surface area contributed by atoms with Crippen LogP contribution in [0.15, 0.2) is 0 Å². The summed E-state index contributed by atoms with van der Waals surface area (Å²) in [5, 5.41) is 12.1. The third-order valence-corrected chi connectivity index (χ3v) is 1.08. The Balaban J connectivity index is 2.54. The molecule has 0 aromatic rings. The molecule has 2 N–H and O–H groups in total. The average Bonchev–Trinajstić information content (AvgIpc) is 1.80. The van der Waals surface area contributed by atoms with E-state index in [4.69, 9.17) is 0 Å². The average molecular weight is 130 g/mol. The first-order valence-electron chi connectivity index (χ1n) is 2.53. The van der Waals surface area contributed by atoms with E-state index >= 15 is 0 Å². The van der Waals surface area contributed by atoms with Crippen molar-refractivity contribution in [2.75, 3.05) is 6.67 Å². The van der Waals surface area contributed by atoms with E-state index in [2.05, 4.69) is 5.32 Å². The van der Waals surface area contributed by atoms with Crippen LogP contribution in [-0.2, 0) is 9.59 Å². The fourth-order valence-corrected chi connectivity index (χ4v) is 0.584. The van der Waals surface area contributed by atoms with Crippen molar-refractivity contribution in [3.05, 3.63) is 5.21 Å². The van der Waals surface area contributed by atoms with Gasteiger partial charge in [-0.2, -0.15) is 0 Å². The molecule has 1 aliphatic heterocycles. The van der Waals surface area contributed by atoms with Crippen molar-refractivity contribution < 1.29 is 14.7 Å². The Morgan fingerprint density at radius 1 is 1.56 bits per heavy atom. The van der Waals surface area contributed by atoms with Crippen LogP contribution >= 0.6 is 0 Å². The van der Waals surface area contributed by atoms with Crippen molar-refractivity contribution in [3.8, 4) is 0 Å². The topological polar surface area (TPSA) is 73.7 Å². The molecule has 9 heavy (non-hydrogen) atoms. The molecule has 0 radical (unpaired) electrons. The molecule has 0 saturated carbocycles. The monoisotopic (exact) mass is 130 g/mol. The van der Waals surface area contributed by atoms with Crippen LogP contribution in [0.25, 0.3) is 0 Å². The van der Waals surface area contributed by atoms with Gasteiger partial charge in [0, 0.05) is 0 Å². The van der Waals surface area contributed by atoms with E-state index in [0.717, 1.165) is 0 Å². The van der Waals surface area contributed by atoms with Gasteiger partial charge in [-0.25, -0.2) is 4.79 Å². The summed E-state index contributed by atoms with van der Waals surface area (Å²) in [4.78, 5) is 20.7. The Hall–Kier alpha value is -0.940. The number of hydrogen-bond acceptors (Lipinski definition) is 3. The normalized spacial score (nSPS) is 27.9. The molecule has 1 atom stereocenters. The van der Waals surface area contributed by atoms with E-state index in [0.29, 0.717) is 0 Å². The Labute approximate surface area is 51.2 Å². The smallest absolute Gasteiger partial charge is 0.322 e. The molecule has 1 aliphatic rings. The van der Waals surface area contributed by atoms with E-state index in [-0.39, 0.29) is 19.0 Å². The molecule has 0 bridgehead atoms. The highest BCUT2D eigenvalue weighted by Gasteiger charge is 2.21. The van der Waals surface area contributed by atoms with Gasteiger partial charge in [-0.3, -0.25) is 9.86 Å². The fourth-order valence-electron chi connectivity index (χ4n) is 0.584. The van der Waals surface area contributed by atoms with Crippen molar-refractivity contribution >= 4 is 11.8 Å². The summed E-state index contributed by atoms with van der Waals surface area (Å²) in [6, 6.07) is 0. The summed E-state index contributed by atoms with van der Waals surface area (Å²) in [5.74, 6) is -0.946. The van der Waals surface area contributed by atoms with Gasteiger partial charge in [0.2, 0.25) is 5.91 Å². The van der Waals surface area contributed by atoms with E-state index in [1.807, 2.05) is 0 Å². The predicted molar refractivity (Wildman–Crippen MR) is 27.0 cm³/mol. The maximum atomic E-state index is 10.4. The third kappa shape index (κ3) is 1.24. The maximum Gasteiger partial charge on any atom is 0.322 e. The quantitative estimate of drug-likeness (QED) is 0.278. The molecule has 0 spiro atoms. The molecule has 1 heterocycles. The van der Waals surface area contributed by atoms with Crippen LogP contribution in [-0.4, -0.2) is 18.5 Å². The zero-order valence-electron chi connectivity index (χ0n) is 4.64. The van der Waals surface area contributed by atoms with E-state index < -0.39 is 11.0 Å². The van der Waals surface area contributed by atoms with Crippen LogP contribution in [0.4, 0.5) is 0 Å². The number of rotatable bonds is 0. The van der Waals surface area contributed by atoms with Gasteiger partial charge in [0.15, 0.2) is 6.67 Å². The van der Waals surface area contributed by atoms with E-state index in [1.165, 1.54) is 0 Å². The molecule has 1 fully saturated rings. The minimum Gasteiger partial charge on any atom is -0.625 e. The van der Waals surface area contributed by atoms with Gasteiger partial charge in [0.1, 0.15) is 6.42 Å². The van der Waals surface area contributed by atoms with Crippen molar-refractivity contribution in [3.63, 3.8) is 0 Å². The molecule has 0 aliphatic carbocycles. The highest BCUT2D eigenvalue weighted by molar-refractivity contribution is 5.94. The molecule has 50 valence electrons. The van der Waals surface area contributed by atoms with Crippen LogP contribution in [0.1, 0.15) is 6.42 Å². The van der Waals surface area contributed by atoms with Crippen molar-refractivity contribution in [1.29, 1.82) is 0 Å². The zero-order chi connectivity index (χ0) is 6.85. The standard InChI is InChI=1S/C4H6N2O3/c7-3-1-4(8)6(9)2-5-3/h6H,1-2H2,(H,5,7). The lowest BCUT2D eigenvalue weighted by atomic mass is 10.3. The molecule has 2 amide bonds. The second-order valence-electron chi connectivity index (χ2n) is 1.80. The third-order valence-electron chi connectivity index (χ3n) is 1.08. The van der Waals surface area contributed by atoms with Gasteiger partial charge in [0.25, 0.3) is 0 Å². The Morgan fingerprint density at radius 3 is 2.67 bits per heavy atom. The van der Waals surface area contributed by atoms with Gasteiger partial charge >= 0.3 is 5.91 Å². The first kappa shape index (κ1) is 6.18. The highest BCUT2D eigenvalue weighted by atomic mass is 16.5. The van der Waals surface area contributed by atoms with E-state index in [9.17, 15) is 14.8 Å². The minimum absolute atomic E-state index is 0.127. The molecular weight excluding hydrogens is 124 g/mol. The number of hydroxylamine groups is 2. The fraction of sp³-hybridized carbons (Fsp3) is 0.500. The predicted octanol–water partition coefficient (Wildman–Crippen LogP) is -2.63. The zero-order valence-corrected chi connectivity index (χ0v) is 4.64. The summed E-state index contributed by atoms with van der Waals surface area (Å²) in [5.41, 5.74) is 0. The molecule has 1 rings (SSSR count). The molecular formula is C4H6N2O3. The number of carbonyl (C=O) groups is 2. The SMILES string of the molecule is O=C1CC(=O)[NH+]([O-])CN1. The molecule has 1 unspecified atom stereocenters. The Kier molecular flexibility index (Phi) is 1.46. The minimum atomic E-state index is -0.584. The second kappa shape index (κ2) is 2.12. The largest absolute Gasteiger partial charge is 0.625 e. The van der Waals surface area contributed by atoms with Gasteiger partial charge < -0.3 is 10.5 Å². The highest BCUT2D eigenvalue weighted by Crippen LogP contribution is 1.78. The maximum absolute atomic E-state index is 10.4. The molecule has 5 nitrogen and oxygen atoms in total. The lowest BCUT2D eigenvalue weighted by molar-refractivity contribution is -0.769. The van der Waals surface area contributed by atoms with Gasteiger partial charge in [0.05, 0.1) is 0 Å². The van der Waals surface area contributed by atoms with Crippen molar-refractivity contribution in [1.82, 2.24) is 5.32 Å². The molecule has 0 aromatic carbocycles. The van der Waals surface area contributed by atoms with Crippen molar-refractivity contribution in [2.45, 2.75) is 6.42 Å². The van der Waals surface area contributed by atoms with Gasteiger partial charge in [-0.1, -0.05) is 0 Å². The summed E-state index contributed by atoms with van der Waals surface area (Å²) >= 11 is 0. The van der Waals surface area contributed by atoms with Crippen LogP contribution in [0.2, 0.25) is 0 Å². The van der Waals surface area contributed by atoms with Crippen LogP contribution < -0.4 is 10.4 Å². The van der Waals surface area contributed by atoms with Crippen LogP contribution in [0, 0.1) is 5.21 Å². The number of hydrogen-bond donors (Lipinski definition) is 2. The number of carbonyl (C=O) groups excluding carboxylic acids is 2. The molecule has 0 aromatic heterocycles. The Morgan fingerprint density at radius 2 is 2.22 bits per heavy atom. The summed E-state index contributed by atoms with van der Waals surface area (Å²) in [6.07, 6.45) is -0.279. The number of amides is 2. The molecule has 5 heteroatoms. The lowest BCUT2D eigenvalue weighted by Gasteiger charge is -2.23. The van der Waals surface area contributed by atoms with Crippen LogP contribution in [0.3, 0.4) is 0 Å². The second-order valence-corrected chi connectivity index (χ2v) is 1.80. The van der Waals surface area contributed by atoms with Gasteiger partial charge in [-0.15, -0.1) is 0 Å². The number of quaternary nitrogens is 1. The van der Waals surface area contributed by atoms with Crippen LogP contribution in [0.5, 0.6) is 0 Å². The summed E-state index contributed by atoms with van der Waals surface area (Å²) in [7, 11) is 0. The summed E-state index contributed by atoms with van der Waals surface area (Å²) in [6.45, 7) is -0.127. The summed E-state index contributed by atoms with van der Waals surface area (Å²) < 4.78 is 0. The first-order valence-corrected chi connectivity index (χ1v) is 2.53. The number of nitrogens with one attached hydrogen (secondary N) is 2. The molecule has 1 saturated heterocycles. The first-order chi connectivity index (χ1) is 4.20. The Bertz CT molecular complexity index is 156.